The maximum absolute atomic E-state index is 13.1. The maximum atomic E-state index is 13.1. The van der Waals surface area contributed by atoms with Gasteiger partial charge in [0.05, 0.1) is 26.4 Å². The van der Waals surface area contributed by atoms with Gasteiger partial charge in [-0.1, -0.05) is 314 Å². The molecule has 0 rings (SSSR count). The molecule has 0 saturated carbocycles. The maximum Gasteiger partial charge on any atom is 0.472 e. The predicted molar refractivity (Wildman–Crippen MR) is 436 cm³/mol. The number of carbonyl (C=O) groups excluding carboxylic acids is 4. The van der Waals surface area contributed by atoms with Crippen molar-refractivity contribution in [3.05, 3.63) is 158 Å². The minimum absolute atomic E-state index is 0.0305. The summed E-state index contributed by atoms with van der Waals surface area (Å²) in [4.78, 5) is 73.0. The Morgan fingerprint density at radius 1 is 0.274 bits per heavy atom. The summed E-state index contributed by atoms with van der Waals surface area (Å²) in [5.41, 5.74) is 0. The summed E-state index contributed by atoms with van der Waals surface area (Å²) in [6.07, 6.45) is 91.1. The summed E-state index contributed by atoms with van der Waals surface area (Å²) in [7, 11) is -10.0. The first-order chi connectivity index (χ1) is 51.7. The third kappa shape index (κ3) is 76.9. The molecular formula is C87H144O17P2. The summed E-state index contributed by atoms with van der Waals surface area (Å²) < 4.78 is 68.5. The molecule has 0 aliphatic carbocycles. The quantitative estimate of drug-likeness (QED) is 0.0169. The van der Waals surface area contributed by atoms with E-state index in [0.29, 0.717) is 38.5 Å². The van der Waals surface area contributed by atoms with Crippen molar-refractivity contribution in [2.45, 2.75) is 329 Å². The third-order valence-electron chi connectivity index (χ3n) is 16.5. The van der Waals surface area contributed by atoms with Gasteiger partial charge >= 0.3 is 39.5 Å². The number of aliphatic hydroxyl groups is 1. The lowest BCUT2D eigenvalue weighted by Gasteiger charge is -2.21. The van der Waals surface area contributed by atoms with Crippen molar-refractivity contribution in [1.29, 1.82) is 0 Å². The van der Waals surface area contributed by atoms with Crippen molar-refractivity contribution < 1.29 is 80.2 Å². The highest BCUT2D eigenvalue weighted by Crippen LogP contribution is 2.45. The first-order valence-corrected chi connectivity index (χ1v) is 43.7. The monoisotopic (exact) mass is 1520 g/mol. The normalized spacial score (nSPS) is 14.7. The number of unbranched alkanes of at least 4 members (excludes halogenated alkanes) is 23. The topological polar surface area (TPSA) is 237 Å². The van der Waals surface area contributed by atoms with Crippen LogP contribution in [0.2, 0.25) is 0 Å². The predicted octanol–water partition coefficient (Wildman–Crippen LogP) is 24.0. The summed E-state index contributed by atoms with van der Waals surface area (Å²) in [6.45, 7) is 4.47. The molecular weight excluding hydrogens is 1380 g/mol. The summed E-state index contributed by atoms with van der Waals surface area (Å²) in [5.74, 6) is -2.38. The van der Waals surface area contributed by atoms with Gasteiger partial charge in [0.1, 0.15) is 19.3 Å². The molecule has 0 aliphatic rings. The lowest BCUT2D eigenvalue weighted by atomic mass is 10.0. The highest BCUT2D eigenvalue weighted by Gasteiger charge is 2.30. The lowest BCUT2D eigenvalue weighted by molar-refractivity contribution is -0.161. The molecule has 3 N–H and O–H groups in total. The Balaban J connectivity index is 5.48. The molecule has 2 unspecified atom stereocenters. The molecule has 0 radical (unpaired) electrons. The van der Waals surface area contributed by atoms with E-state index >= 15 is 0 Å². The molecule has 0 saturated heterocycles. The standard InChI is InChI=1S/C87H144O17P2/c1-5-9-13-17-21-25-29-33-36-38-40-42-45-48-51-55-59-63-67-71-84(89)97-77-82(103-86(91)73-69-65-61-57-53-47-32-28-24-20-16-12-8-4)79-101-105(93,94)99-75-81(88)76-100-106(95,96)102-80-83(104-87(92)74-70-66-62-58-54-50-44-35-31-27-23-19-15-11-7-3)78-98-85(90)72-68-64-60-56-52-49-46-43-41-39-37-34-30-26-22-18-14-10-6-2/h9-10,13-14,21-22,25-27,31,33-34,36-37,40-43,48-49,51-52,59-60,63-64,81-83,88H,5-8,11-12,15-20,23-24,28-30,32,35,38-39,44-47,50,53-58,61-62,65-80H2,1-4H3,(H,93,94)(H,95,96)/b13-9-,14-10-,25-21-,26-22-,31-27-,36-33-,37-34-,42-40-,43-41-,51-48-,52-49-,63-59-,64-60-/t81-,82+,83+/m0/s1. The molecule has 0 aromatic heterocycles. The molecule has 0 heterocycles. The van der Waals surface area contributed by atoms with E-state index in [-0.39, 0.29) is 25.7 Å². The molecule has 0 amide bonds. The second-order valence-electron chi connectivity index (χ2n) is 26.6. The minimum atomic E-state index is -5.00. The molecule has 19 heteroatoms. The first-order valence-electron chi connectivity index (χ1n) is 40.7. The fraction of sp³-hybridized carbons (Fsp3) is 0.655. The Kier molecular flexibility index (Phi) is 73.9. The number of rotatable bonds is 75. The van der Waals surface area contributed by atoms with Gasteiger partial charge in [0.15, 0.2) is 12.2 Å². The van der Waals surface area contributed by atoms with Crippen molar-refractivity contribution >= 4 is 39.5 Å². The van der Waals surface area contributed by atoms with Crippen LogP contribution in [-0.2, 0) is 65.4 Å². The van der Waals surface area contributed by atoms with Gasteiger partial charge in [0.25, 0.3) is 0 Å². The Labute approximate surface area is 642 Å². The van der Waals surface area contributed by atoms with E-state index in [0.717, 1.165) is 141 Å². The van der Waals surface area contributed by atoms with Crippen LogP contribution < -0.4 is 0 Å². The number of allylic oxidation sites excluding steroid dienone is 26. The summed E-state index contributed by atoms with van der Waals surface area (Å²) >= 11 is 0. The molecule has 106 heavy (non-hydrogen) atoms. The van der Waals surface area contributed by atoms with Crippen LogP contribution >= 0.6 is 15.6 Å². The number of carbonyl (C=O) groups is 4. The molecule has 0 fully saturated rings. The largest absolute Gasteiger partial charge is 0.472 e. The van der Waals surface area contributed by atoms with Crippen LogP contribution in [0.4, 0.5) is 0 Å². The summed E-state index contributed by atoms with van der Waals surface area (Å²) in [6, 6.07) is 0. The Morgan fingerprint density at radius 2 is 0.509 bits per heavy atom. The van der Waals surface area contributed by atoms with Crippen LogP contribution in [0, 0.1) is 0 Å². The summed E-state index contributed by atoms with van der Waals surface area (Å²) in [5, 5.41) is 10.6. The highest BCUT2D eigenvalue weighted by molar-refractivity contribution is 7.47. The van der Waals surface area contributed by atoms with E-state index in [4.69, 9.17) is 37.0 Å². The van der Waals surface area contributed by atoms with Gasteiger partial charge in [-0.3, -0.25) is 37.3 Å². The second-order valence-corrected chi connectivity index (χ2v) is 29.5. The number of hydrogen-bond donors (Lipinski definition) is 3. The number of phosphoric ester groups is 2. The zero-order valence-electron chi connectivity index (χ0n) is 66.1. The van der Waals surface area contributed by atoms with Crippen LogP contribution in [0.25, 0.3) is 0 Å². The molecule has 5 atom stereocenters. The van der Waals surface area contributed by atoms with Gasteiger partial charge < -0.3 is 33.8 Å². The molecule has 17 nitrogen and oxygen atoms in total. The van der Waals surface area contributed by atoms with Crippen LogP contribution in [-0.4, -0.2) is 96.7 Å². The van der Waals surface area contributed by atoms with E-state index in [1.807, 2.05) is 36.5 Å². The Morgan fingerprint density at radius 3 is 0.802 bits per heavy atom. The van der Waals surface area contributed by atoms with Crippen molar-refractivity contribution in [3.8, 4) is 0 Å². The fourth-order valence-corrected chi connectivity index (χ4v) is 12.0. The lowest BCUT2D eigenvalue weighted by Crippen LogP contribution is -2.30. The molecule has 0 aromatic carbocycles. The van der Waals surface area contributed by atoms with Crippen LogP contribution in [0.3, 0.4) is 0 Å². The number of phosphoric acid groups is 2. The van der Waals surface area contributed by atoms with E-state index in [2.05, 4.69) is 149 Å². The smallest absolute Gasteiger partial charge is 0.462 e. The Hall–Kier alpha value is -5.32. The van der Waals surface area contributed by atoms with E-state index in [1.54, 1.807) is 0 Å². The molecule has 0 spiro atoms. The Bertz CT molecular complexity index is 2630. The number of hydrogen-bond acceptors (Lipinski definition) is 15. The van der Waals surface area contributed by atoms with Gasteiger partial charge in [-0.2, -0.15) is 0 Å². The average molecular weight is 1520 g/mol. The zero-order valence-corrected chi connectivity index (χ0v) is 67.8. The van der Waals surface area contributed by atoms with Gasteiger partial charge in [0, 0.05) is 25.7 Å². The average Bonchev–Trinajstić information content (AvgIpc) is 0.933. The van der Waals surface area contributed by atoms with E-state index in [9.17, 15) is 43.2 Å². The first kappa shape index (κ1) is 101. The number of ether oxygens (including phenoxy) is 4. The van der Waals surface area contributed by atoms with Crippen molar-refractivity contribution in [3.63, 3.8) is 0 Å². The second kappa shape index (κ2) is 77.8. The third-order valence-corrected chi connectivity index (χ3v) is 18.4. The van der Waals surface area contributed by atoms with Gasteiger partial charge in [-0.25, -0.2) is 9.13 Å². The molecule has 604 valence electrons. The van der Waals surface area contributed by atoms with E-state index in [1.165, 1.54) is 77.0 Å². The van der Waals surface area contributed by atoms with Crippen molar-refractivity contribution in [2.24, 2.45) is 0 Å². The SMILES string of the molecule is CC/C=C\C/C=C\C/C=C\C/C=C\C/C=C\C/C=C\CCC(=O)OC[C@H](COP(=O)(O)OC[C@@H](O)COP(=O)(O)OC[C@@H](COC(=O)CC/C=C\C/C=C\C/C=C\C/C=C\C/C=C\C/C=C\CC)OC(=O)CCCCCCCCCCCCCCC)OC(=O)CCCCCCCCC/C=C\CCCCCC. The van der Waals surface area contributed by atoms with Gasteiger partial charge in [-0.15, -0.1) is 0 Å². The van der Waals surface area contributed by atoms with Gasteiger partial charge in [-0.05, 0) is 128 Å². The number of aliphatic hydroxyl groups excluding tert-OH is 1. The van der Waals surface area contributed by atoms with Crippen LogP contribution in [0.15, 0.2) is 158 Å². The molecule has 0 bridgehead atoms. The molecule has 0 aliphatic heterocycles. The van der Waals surface area contributed by atoms with Crippen molar-refractivity contribution in [1.82, 2.24) is 0 Å². The van der Waals surface area contributed by atoms with Crippen molar-refractivity contribution in [2.75, 3.05) is 39.6 Å². The fourth-order valence-electron chi connectivity index (χ4n) is 10.4. The van der Waals surface area contributed by atoms with Gasteiger partial charge in [0.2, 0.25) is 0 Å². The van der Waals surface area contributed by atoms with Crippen LogP contribution in [0.5, 0.6) is 0 Å². The highest BCUT2D eigenvalue weighted by atomic mass is 31.2. The molecule has 0 aromatic rings. The van der Waals surface area contributed by atoms with E-state index < -0.39 is 97.5 Å². The minimum Gasteiger partial charge on any atom is -0.462 e. The number of esters is 4. The van der Waals surface area contributed by atoms with Crippen LogP contribution in [0.1, 0.15) is 310 Å². The zero-order chi connectivity index (χ0) is 77.4.